The molecule has 178 valence electrons. The molecule has 3 aromatic rings. The van der Waals surface area contributed by atoms with E-state index in [9.17, 15) is 4.39 Å². The molecular formula is C23H30ClFN6O2. The first kappa shape index (κ1) is 23.8. The molecule has 2 N–H and O–H groups in total. The lowest BCUT2D eigenvalue weighted by Crippen LogP contribution is -2.38. The Kier molecular flexibility index (Phi) is 7.43. The first-order valence-corrected chi connectivity index (χ1v) is 11.5. The van der Waals surface area contributed by atoms with Crippen molar-refractivity contribution >= 4 is 34.1 Å². The number of aryl methyl sites for hydroxylation is 2. The van der Waals surface area contributed by atoms with Crippen LogP contribution >= 0.6 is 11.6 Å². The Hall–Kier alpha value is -2.33. The zero-order valence-corrected chi connectivity index (χ0v) is 19.9. The number of halogens is 2. The fourth-order valence-corrected chi connectivity index (χ4v) is 4.36. The lowest BCUT2D eigenvalue weighted by molar-refractivity contribution is 0.127. The molecule has 3 atom stereocenters. The number of nitrogens with one attached hydrogen (secondary N) is 1. The van der Waals surface area contributed by atoms with Crippen molar-refractivity contribution in [3.8, 4) is 0 Å². The Morgan fingerprint density at radius 2 is 2.06 bits per heavy atom. The van der Waals surface area contributed by atoms with Gasteiger partial charge in [-0.3, -0.25) is 4.68 Å². The summed E-state index contributed by atoms with van der Waals surface area (Å²) in [6.07, 6.45) is 3.99. The van der Waals surface area contributed by atoms with Gasteiger partial charge < -0.3 is 20.1 Å². The van der Waals surface area contributed by atoms with Gasteiger partial charge in [-0.2, -0.15) is 5.10 Å². The topological polar surface area (TPSA) is 88.3 Å². The molecule has 2 saturated heterocycles. The zero-order chi connectivity index (χ0) is 23.5. The van der Waals surface area contributed by atoms with E-state index in [1.165, 1.54) is 0 Å². The lowest BCUT2D eigenvalue weighted by atomic mass is 9.85. The normalized spacial score (nSPS) is 23.4. The minimum Gasteiger partial charge on any atom is -0.391 e. The van der Waals surface area contributed by atoms with Gasteiger partial charge in [-0.1, -0.05) is 11.6 Å². The summed E-state index contributed by atoms with van der Waals surface area (Å²) in [5, 5.41) is 17.2. The van der Waals surface area contributed by atoms with Crippen LogP contribution in [0.2, 0.25) is 5.15 Å². The number of piperidine rings is 1. The molecular weight excluding hydrogens is 447 g/mol. The standard InChI is InChI=1S/C19H22ClFN6.C4H8O2/c1-11-6-12-8-22-19(25-17-9-23-27(3)18(17)20)24-16(12)7-14(11)13-4-5-26(2)10-15(13)21;5-4-1-2-6-3-4/h6-9,13,15H,4-5,10H2,1-3H3,(H,22,24,25);4-5H,1-3H2. The number of likely N-dealkylation sites (tertiary alicyclic amines) is 1. The molecule has 8 nitrogen and oxygen atoms in total. The number of ether oxygens (including phenoxy) is 1. The van der Waals surface area contributed by atoms with Crippen LogP contribution in [0.5, 0.6) is 0 Å². The van der Waals surface area contributed by atoms with E-state index in [1.54, 1.807) is 24.1 Å². The highest BCUT2D eigenvalue weighted by atomic mass is 35.5. The maximum atomic E-state index is 14.7. The third-order valence-corrected chi connectivity index (χ3v) is 6.58. The van der Waals surface area contributed by atoms with Gasteiger partial charge in [0.15, 0.2) is 0 Å². The Labute approximate surface area is 197 Å². The number of benzene rings is 1. The van der Waals surface area contributed by atoms with Crippen LogP contribution in [-0.4, -0.2) is 75.4 Å². The first-order valence-electron chi connectivity index (χ1n) is 11.1. The van der Waals surface area contributed by atoms with Crippen LogP contribution in [0.15, 0.2) is 24.5 Å². The molecule has 0 aliphatic carbocycles. The van der Waals surface area contributed by atoms with E-state index in [1.807, 2.05) is 31.0 Å². The van der Waals surface area contributed by atoms with E-state index >= 15 is 0 Å². The molecule has 2 aliphatic rings. The number of aromatic nitrogens is 4. The highest BCUT2D eigenvalue weighted by Gasteiger charge is 2.30. The fourth-order valence-electron chi connectivity index (χ4n) is 4.22. The summed E-state index contributed by atoms with van der Waals surface area (Å²) in [6, 6.07) is 4.04. The molecule has 0 bridgehead atoms. The summed E-state index contributed by atoms with van der Waals surface area (Å²) in [6.45, 7) is 4.68. The van der Waals surface area contributed by atoms with Gasteiger partial charge in [0.05, 0.1) is 30.1 Å². The summed E-state index contributed by atoms with van der Waals surface area (Å²) < 4.78 is 21.0. The second-order valence-corrected chi connectivity index (χ2v) is 9.11. The van der Waals surface area contributed by atoms with Crippen LogP contribution in [-0.2, 0) is 11.8 Å². The van der Waals surface area contributed by atoms with Crippen molar-refractivity contribution in [3.63, 3.8) is 0 Å². The number of alkyl halides is 1. The van der Waals surface area contributed by atoms with Crippen molar-refractivity contribution in [1.82, 2.24) is 24.6 Å². The van der Waals surface area contributed by atoms with Gasteiger partial charge in [0.2, 0.25) is 5.95 Å². The lowest BCUT2D eigenvalue weighted by Gasteiger charge is -2.33. The molecule has 4 heterocycles. The summed E-state index contributed by atoms with van der Waals surface area (Å²) in [5.41, 5.74) is 3.55. The number of anilines is 2. The van der Waals surface area contributed by atoms with Crippen LogP contribution in [0, 0.1) is 6.92 Å². The average molecular weight is 477 g/mol. The van der Waals surface area contributed by atoms with Gasteiger partial charge in [0.25, 0.3) is 0 Å². The van der Waals surface area contributed by atoms with Gasteiger partial charge in [0.1, 0.15) is 11.3 Å². The van der Waals surface area contributed by atoms with Crippen molar-refractivity contribution < 1.29 is 14.2 Å². The molecule has 10 heteroatoms. The maximum Gasteiger partial charge on any atom is 0.227 e. The maximum absolute atomic E-state index is 14.7. The van der Waals surface area contributed by atoms with Crippen LogP contribution in [0.3, 0.4) is 0 Å². The predicted molar refractivity (Wildman–Crippen MR) is 127 cm³/mol. The molecule has 5 rings (SSSR count). The molecule has 0 radical (unpaired) electrons. The summed E-state index contributed by atoms with van der Waals surface area (Å²) in [7, 11) is 3.73. The molecule has 2 aromatic heterocycles. The number of hydrogen-bond acceptors (Lipinski definition) is 7. The minimum atomic E-state index is -0.867. The average Bonchev–Trinajstić information content (AvgIpc) is 3.38. The quantitative estimate of drug-likeness (QED) is 0.597. The van der Waals surface area contributed by atoms with E-state index < -0.39 is 6.17 Å². The van der Waals surface area contributed by atoms with E-state index in [0.717, 1.165) is 48.0 Å². The number of nitrogens with zero attached hydrogens (tertiary/aromatic N) is 5. The SMILES string of the molecule is Cc1cc2cnc(Nc3cnn(C)c3Cl)nc2cc1C1CCN(C)CC1F.OC1CCOC1. The number of aliphatic hydroxyl groups excluding tert-OH is 1. The second kappa shape index (κ2) is 10.3. The van der Waals surface area contributed by atoms with Crippen molar-refractivity contribution in [1.29, 1.82) is 0 Å². The molecule has 1 aromatic carbocycles. The minimum absolute atomic E-state index is 0.0928. The van der Waals surface area contributed by atoms with Gasteiger partial charge in [-0.05, 0) is 56.6 Å². The first-order chi connectivity index (χ1) is 15.8. The predicted octanol–water partition coefficient (Wildman–Crippen LogP) is 3.59. The monoisotopic (exact) mass is 476 g/mol. The van der Waals surface area contributed by atoms with Crippen LogP contribution < -0.4 is 5.32 Å². The van der Waals surface area contributed by atoms with Crippen molar-refractivity contribution in [2.24, 2.45) is 7.05 Å². The Bertz CT molecular complexity index is 1100. The number of rotatable bonds is 3. The molecule has 3 unspecified atom stereocenters. The molecule has 2 aliphatic heterocycles. The second-order valence-electron chi connectivity index (χ2n) is 8.75. The van der Waals surface area contributed by atoms with Crippen molar-refractivity contribution in [2.75, 3.05) is 38.7 Å². The van der Waals surface area contributed by atoms with E-state index in [-0.39, 0.29) is 12.0 Å². The third kappa shape index (κ3) is 5.60. The van der Waals surface area contributed by atoms with Gasteiger partial charge in [0, 0.05) is 37.7 Å². The molecule has 0 saturated carbocycles. The van der Waals surface area contributed by atoms with Gasteiger partial charge in [-0.15, -0.1) is 0 Å². The van der Waals surface area contributed by atoms with Crippen molar-refractivity contribution in [3.05, 3.63) is 40.8 Å². The summed E-state index contributed by atoms with van der Waals surface area (Å²) in [4.78, 5) is 11.0. The Morgan fingerprint density at radius 3 is 2.67 bits per heavy atom. The molecule has 0 spiro atoms. The molecule has 0 amide bonds. The van der Waals surface area contributed by atoms with Crippen LogP contribution in [0.25, 0.3) is 10.9 Å². The Balaban J connectivity index is 0.000000376. The van der Waals surface area contributed by atoms with E-state index in [2.05, 4.69) is 20.4 Å². The molecule has 33 heavy (non-hydrogen) atoms. The van der Waals surface area contributed by atoms with Crippen LogP contribution in [0.1, 0.15) is 29.9 Å². The van der Waals surface area contributed by atoms with Gasteiger partial charge in [-0.25, -0.2) is 14.4 Å². The Morgan fingerprint density at radius 1 is 1.24 bits per heavy atom. The molecule has 2 fully saturated rings. The van der Waals surface area contributed by atoms with Gasteiger partial charge >= 0.3 is 0 Å². The van der Waals surface area contributed by atoms with E-state index in [4.69, 9.17) is 21.4 Å². The summed E-state index contributed by atoms with van der Waals surface area (Å²) in [5.74, 6) is 0.345. The summed E-state index contributed by atoms with van der Waals surface area (Å²) >= 11 is 6.19. The highest BCUT2D eigenvalue weighted by molar-refractivity contribution is 6.32. The number of hydrogen-bond donors (Lipinski definition) is 2. The zero-order valence-electron chi connectivity index (χ0n) is 19.1. The van der Waals surface area contributed by atoms with Crippen molar-refractivity contribution in [2.45, 2.75) is 38.0 Å². The smallest absolute Gasteiger partial charge is 0.227 e. The number of aliphatic hydroxyl groups is 1. The van der Waals surface area contributed by atoms with E-state index in [0.29, 0.717) is 29.9 Å². The van der Waals surface area contributed by atoms with Crippen LogP contribution in [0.4, 0.5) is 16.0 Å². The highest BCUT2D eigenvalue weighted by Crippen LogP contribution is 2.34. The largest absolute Gasteiger partial charge is 0.391 e. The number of fused-ring (bicyclic) bond motifs is 1. The third-order valence-electron chi connectivity index (χ3n) is 6.13. The fraction of sp³-hybridized carbons (Fsp3) is 0.522.